The molecular weight excluding hydrogens is 447 g/mol. The lowest BCUT2D eigenvalue weighted by Gasteiger charge is -2.28. The fourth-order valence-corrected chi connectivity index (χ4v) is 2.98. The highest BCUT2D eigenvalue weighted by atomic mass is 127. The van der Waals surface area contributed by atoms with Crippen LogP contribution in [0.4, 0.5) is 0 Å². The lowest BCUT2D eigenvalue weighted by Crippen LogP contribution is -2.45. The van der Waals surface area contributed by atoms with Crippen LogP contribution in [0.1, 0.15) is 63.8 Å². The van der Waals surface area contributed by atoms with Crippen LogP contribution in [0.25, 0.3) is 0 Å². The number of aromatic nitrogens is 1. The second-order valence-corrected chi connectivity index (χ2v) is 6.74. The van der Waals surface area contributed by atoms with Gasteiger partial charge < -0.3 is 19.9 Å². The molecule has 0 saturated heterocycles. The fraction of sp³-hybridized carbons (Fsp3) is 0.722. The van der Waals surface area contributed by atoms with Crippen molar-refractivity contribution in [3.8, 4) is 0 Å². The van der Waals surface area contributed by atoms with E-state index in [9.17, 15) is 4.79 Å². The molecule has 148 valence electrons. The number of esters is 1. The number of carbonyl (C=O) groups excluding carboxylic acids is 1. The molecule has 0 unspecified atom stereocenters. The third kappa shape index (κ3) is 6.77. The number of aliphatic imine (C=N–C) groups is 1. The molecule has 0 radical (unpaired) electrons. The first-order valence-electron chi connectivity index (χ1n) is 9.12. The third-order valence-electron chi connectivity index (χ3n) is 4.51. The Balaban J connectivity index is 0.00000338. The third-order valence-corrected chi connectivity index (χ3v) is 4.51. The zero-order valence-electron chi connectivity index (χ0n) is 16.1. The molecule has 1 heterocycles. The molecule has 1 aliphatic rings. The minimum Gasteiger partial charge on any atom is -0.466 e. The van der Waals surface area contributed by atoms with E-state index in [0.717, 1.165) is 43.1 Å². The number of ether oxygens (including phenoxy) is 1. The van der Waals surface area contributed by atoms with E-state index in [1.54, 1.807) is 7.05 Å². The molecule has 0 bridgehead atoms. The summed E-state index contributed by atoms with van der Waals surface area (Å²) >= 11 is 0. The summed E-state index contributed by atoms with van der Waals surface area (Å²) in [6.07, 6.45) is 3.58. The highest BCUT2D eigenvalue weighted by Crippen LogP contribution is 2.25. The Labute approximate surface area is 172 Å². The largest absolute Gasteiger partial charge is 0.466 e. The Hall–Kier alpha value is -1.32. The van der Waals surface area contributed by atoms with Gasteiger partial charge >= 0.3 is 5.97 Å². The fourth-order valence-electron chi connectivity index (χ4n) is 2.98. The van der Waals surface area contributed by atoms with Crippen LogP contribution < -0.4 is 10.6 Å². The van der Waals surface area contributed by atoms with Gasteiger partial charge in [0.05, 0.1) is 24.8 Å². The zero-order chi connectivity index (χ0) is 18.2. The average molecular weight is 478 g/mol. The van der Waals surface area contributed by atoms with Gasteiger partial charge in [0.25, 0.3) is 0 Å². The van der Waals surface area contributed by atoms with Gasteiger partial charge in [-0.25, -0.2) is 0 Å². The molecule has 0 spiro atoms. The molecule has 2 N–H and O–H groups in total. The van der Waals surface area contributed by atoms with Crippen molar-refractivity contribution >= 4 is 35.9 Å². The van der Waals surface area contributed by atoms with E-state index in [2.05, 4.69) is 34.6 Å². The summed E-state index contributed by atoms with van der Waals surface area (Å²) in [4.78, 5) is 16.1. The predicted molar refractivity (Wildman–Crippen MR) is 112 cm³/mol. The molecule has 1 fully saturated rings. The second kappa shape index (κ2) is 11.4. The van der Waals surface area contributed by atoms with Crippen LogP contribution in [0, 0.1) is 5.92 Å². The van der Waals surface area contributed by atoms with Crippen molar-refractivity contribution in [2.75, 3.05) is 13.7 Å². The molecule has 2 rings (SSSR count). The standard InChI is InChI=1S/C18H30N4O3.HI/c1-5-24-17(23)13-6-8-14(9-7-13)21-18(19-4)20-11-15-10-16(12(2)3)22-25-15;/h10,12-14H,5-9,11H2,1-4H3,(H2,19,20,21);1H. The minimum absolute atomic E-state index is 0. The molecule has 0 aliphatic heterocycles. The van der Waals surface area contributed by atoms with E-state index < -0.39 is 0 Å². The maximum Gasteiger partial charge on any atom is 0.308 e. The van der Waals surface area contributed by atoms with Crippen molar-refractivity contribution in [3.05, 3.63) is 17.5 Å². The summed E-state index contributed by atoms with van der Waals surface area (Å²) in [5.74, 6) is 1.86. The Morgan fingerprint density at radius 2 is 2.08 bits per heavy atom. The van der Waals surface area contributed by atoms with Crippen LogP contribution in [0.15, 0.2) is 15.6 Å². The van der Waals surface area contributed by atoms with Crippen LogP contribution in [-0.2, 0) is 16.1 Å². The molecule has 0 aromatic carbocycles. The first-order valence-corrected chi connectivity index (χ1v) is 9.12. The Kier molecular flexibility index (Phi) is 9.97. The molecule has 1 aromatic rings. The lowest BCUT2D eigenvalue weighted by atomic mass is 9.86. The van der Waals surface area contributed by atoms with Crippen LogP contribution in [0.5, 0.6) is 0 Å². The SMILES string of the molecule is CCOC(=O)C1CCC(NC(=NC)NCc2cc(C(C)C)no2)CC1.I. The van der Waals surface area contributed by atoms with Crippen LogP contribution in [0.2, 0.25) is 0 Å². The van der Waals surface area contributed by atoms with Crippen molar-refractivity contribution in [1.29, 1.82) is 0 Å². The molecule has 8 heteroatoms. The number of hydrogen-bond donors (Lipinski definition) is 2. The first kappa shape index (κ1) is 22.7. The summed E-state index contributed by atoms with van der Waals surface area (Å²) in [5, 5.41) is 10.7. The van der Waals surface area contributed by atoms with E-state index in [-0.39, 0.29) is 35.9 Å². The number of rotatable bonds is 6. The first-order chi connectivity index (χ1) is 12.0. The number of halogens is 1. The van der Waals surface area contributed by atoms with Gasteiger partial charge in [0, 0.05) is 19.2 Å². The van der Waals surface area contributed by atoms with E-state index in [1.807, 2.05) is 13.0 Å². The normalized spacial score (nSPS) is 20.4. The quantitative estimate of drug-likeness (QED) is 0.283. The molecule has 1 aromatic heterocycles. The van der Waals surface area contributed by atoms with Gasteiger partial charge in [-0.2, -0.15) is 0 Å². The van der Waals surface area contributed by atoms with Crippen LogP contribution >= 0.6 is 24.0 Å². The number of carbonyl (C=O) groups is 1. The highest BCUT2D eigenvalue weighted by molar-refractivity contribution is 14.0. The average Bonchev–Trinajstić information content (AvgIpc) is 3.08. The number of hydrogen-bond acceptors (Lipinski definition) is 5. The van der Waals surface area contributed by atoms with Gasteiger partial charge in [-0.05, 0) is 38.5 Å². The number of guanidine groups is 1. The molecule has 7 nitrogen and oxygen atoms in total. The topological polar surface area (TPSA) is 88.8 Å². The number of nitrogens with zero attached hydrogens (tertiary/aromatic N) is 2. The molecule has 0 amide bonds. The van der Waals surface area contributed by atoms with Crippen LogP contribution in [-0.4, -0.2) is 36.8 Å². The smallest absolute Gasteiger partial charge is 0.308 e. The van der Waals surface area contributed by atoms with Crippen molar-refractivity contribution in [3.63, 3.8) is 0 Å². The van der Waals surface area contributed by atoms with Gasteiger partial charge in [0.2, 0.25) is 0 Å². The van der Waals surface area contributed by atoms with Gasteiger partial charge in [0.15, 0.2) is 11.7 Å². The maximum atomic E-state index is 11.8. The Bertz CT molecular complexity index is 581. The van der Waals surface area contributed by atoms with Crippen LogP contribution in [0.3, 0.4) is 0 Å². The summed E-state index contributed by atoms with van der Waals surface area (Å²) in [6.45, 7) is 7.01. The van der Waals surface area contributed by atoms with E-state index in [0.29, 0.717) is 25.1 Å². The summed E-state index contributed by atoms with van der Waals surface area (Å²) < 4.78 is 10.4. The van der Waals surface area contributed by atoms with E-state index in [1.165, 1.54) is 0 Å². The van der Waals surface area contributed by atoms with Crippen molar-refractivity contribution < 1.29 is 14.1 Å². The Morgan fingerprint density at radius 1 is 1.38 bits per heavy atom. The summed E-state index contributed by atoms with van der Waals surface area (Å²) in [7, 11) is 1.75. The van der Waals surface area contributed by atoms with Crippen molar-refractivity contribution in [1.82, 2.24) is 15.8 Å². The summed E-state index contributed by atoms with van der Waals surface area (Å²) in [5.41, 5.74) is 0.956. The molecule has 26 heavy (non-hydrogen) atoms. The van der Waals surface area contributed by atoms with Gasteiger partial charge in [-0.15, -0.1) is 24.0 Å². The zero-order valence-corrected chi connectivity index (χ0v) is 18.4. The van der Waals surface area contributed by atoms with E-state index >= 15 is 0 Å². The molecule has 1 saturated carbocycles. The predicted octanol–water partition coefficient (Wildman–Crippen LogP) is 3.20. The second-order valence-electron chi connectivity index (χ2n) is 6.74. The van der Waals surface area contributed by atoms with Gasteiger partial charge in [-0.3, -0.25) is 9.79 Å². The number of nitrogens with one attached hydrogen (secondary N) is 2. The van der Waals surface area contributed by atoms with Crippen molar-refractivity contribution in [2.45, 2.75) is 65.0 Å². The minimum atomic E-state index is -0.0604. The molecular formula is C18H31IN4O3. The van der Waals surface area contributed by atoms with Crippen molar-refractivity contribution in [2.24, 2.45) is 10.9 Å². The Morgan fingerprint density at radius 3 is 2.62 bits per heavy atom. The molecule has 0 atom stereocenters. The molecule has 1 aliphatic carbocycles. The highest BCUT2D eigenvalue weighted by Gasteiger charge is 2.27. The summed E-state index contributed by atoms with van der Waals surface area (Å²) in [6, 6.07) is 2.29. The lowest BCUT2D eigenvalue weighted by molar-refractivity contribution is -0.149. The van der Waals surface area contributed by atoms with Gasteiger partial charge in [-0.1, -0.05) is 19.0 Å². The maximum absolute atomic E-state index is 11.8. The monoisotopic (exact) mass is 478 g/mol. The van der Waals surface area contributed by atoms with Gasteiger partial charge in [0.1, 0.15) is 0 Å². The van der Waals surface area contributed by atoms with E-state index in [4.69, 9.17) is 9.26 Å².